The molecule has 0 saturated heterocycles. The van der Waals surface area contributed by atoms with Crippen LogP contribution < -0.4 is 0 Å². The Hall–Kier alpha value is -0.830. The van der Waals surface area contributed by atoms with Crippen LogP contribution in [-0.2, 0) is 12.8 Å². The van der Waals surface area contributed by atoms with Crippen molar-refractivity contribution in [3.8, 4) is 11.1 Å². The van der Waals surface area contributed by atoms with Crippen molar-refractivity contribution >= 4 is 22.6 Å². The van der Waals surface area contributed by atoms with Gasteiger partial charge in [0.25, 0.3) is 0 Å². The lowest BCUT2D eigenvalue weighted by molar-refractivity contribution is 0.931. The first-order valence-electron chi connectivity index (χ1n) is 6.04. The van der Waals surface area contributed by atoms with Gasteiger partial charge in [-0.05, 0) is 77.1 Å². The first-order chi connectivity index (χ1) is 8.16. The normalized spacial score (nSPS) is 13.1. The molecule has 0 unspecified atom stereocenters. The lowest BCUT2D eigenvalue weighted by atomic mass is 9.84. The van der Waals surface area contributed by atoms with E-state index in [0.29, 0.717) is 0 Å². The van der Waals surface area contributed by atoms with Crippen molar-refractivity contribution in [3.63, 3.8) is 0 Å². The van der Waals surface area contributed by atoms with Gasteiger partial charge in [-0.25, -0.2) is 0 Å². The van der Waals surface area contributed by atoms with Gasteiger partial charge in [0.1, 0.15) is 0 Å². The Morgan fingerprint density at radius 3 is 2.59 bits per heavy atom. The molecule has 0 nitrogen and oxygen atoms in total. The molecule has 0 bridgehead atoms. The second-order valence-electron chi connectivity index (χ2n) is 4.88. The van der Waals surface area contributed by atoms with Gasteiger partial charge in [0.15, 0.2) is 0 Å². The number of halogens is 1. The van der Waals surface area contributed by atoms with Crippen LogP contribution in [0.4, 0.5) is 0 Å². The van der Waals surface area contributed by atoms with Gasteiger partial charge in [-0.2, -0.15) is 0 Å². The second kappa shape index (κ2) is 4.13. The third-order valence-corrected chi connectivity index (χ3v) is 5.14. The molecule has 1 aliphatic carbocycles. The van der Waals surface area contributed by atoms with Crippen LogP contribution in [0.2, 0.25) is 0 Å². The van der Waals surface area contributed by atoms with E-state index in [2.05, 4.69) is 66.8 Å². The summed E-state index contributed by atoms with van der Waals surface area (Å²) >= 11 is 2.50. The fraction of sp³-hybridized carbons (Fsp3) is 0.250. The summed E-state index contributed by atoms with van der Waals surface area (Å²) in [5.74, 6) is 0. The van der Waals surface area contributed by atoms with E-state index in [0.717, 1.165) is 0 Å². The molecule has 2 aromatic rings. The van der Waals surface area contributed by atoms with Crippen molar-refractivity contribution in [2.75, 3.05) is 0 Å². The zero-order chi connectivity index (χ0) is 12.0. The average Bonchev–Trinajstić information content (AvgIpc) is 2.33. The van der Waals surface area contributed by atoms with Crippen molar-refractivity contribution < 1.29 is 0 Å². The zero-order valence-corrected chi connectivity index (χ0v) is 12.3. The number of hydrogen-bond donors (Lipinski definition) is 0. The Morgan fingerprint density at radius 2 is 1.76 bits per heavy atom. The fourth-order valence-electron chi connectivity index (χ4n) is 2.65. The molecule has 0 aliphatic heterocycles. The van der Waals surface area contributed by atoms with Crippen molar-refractivity contribution in [3.05, 3.63) is 56.2 Å². The molecule has 0 aromatic heterocycles. The maximum atomic E-state index is 2.50. The third-order valence-electron chi connectivity index (χ3n) is 3.64. The van der Waals surface area contributed by atoms with E-state index < -0.39 is 0 Å². The summed E-state index contributed by atoms with van der Waals surface area (Å²) in [6.45, 7) is 4.38. The van der Waals surface area contributed by atoms with Gasteiger partial charge in [0.05, 0.1) is 0 Å². The van der Waals surface area contributed by atoms with E-state index >= 15 is 0 Å². The van der Waals surface area contributed by atoms with Crippen LogP contribution in [0.15, 0.2) is 30.3 Å². The molecule has 3 rings (SSSR count). The number of benzene rings is 2. The number of aryl methyl sites for hydroxylation is 3. The lowest BCUT2D eigenvalue weighted by Crippen LogP contribution is -2.07. The minimum absolute atomic E-state index is 1.18. The van der Waals surface area contributed by atoms with Crippen LogP contribution in [0.5, 0.6) is 0 Å². The molecule has 0 radical (unpaired) electrons. The van der Waals surface area contributed by atoms with Crippen molar-refractivity contribution in [2.24, 2.45) is 0 Å². The summed E-state index contributed by atoms with van der Waals surface area (Å²) in [5, 5.41) is 0. The van der Waals surface area contributed by atoms with E-state index in [1.807, 2.05) is 0 Å². The maximum absolute atomic E-state index is 2.50. The SMILES string of the molecule is Cc1ccc2c(c1)-c1ccc(C)c(I)c1CC2. The fourth-order valence-corrected chi connectivity index (χ4v) is 3.39. The summed E-state index contributed by atoms with van der Waals surface area (Å²) in [5.41, 5.74) is 8.70. The molecule has 0 heterocycles. The van der Waals surface area contributed by atoms with Crippen molar-refractivity contribution in [1.29, 1.82) is 0 Å². The molecule has 86 valence electrons. The molecule has 17 heavy (non-hydrogen) atoms. The average molecular weight is 334 g/mol. The van der Waals surface area contributed by atoms with Gasteiger partial charge in [0, 0.05) is 3.57 Å². The van der Waals surface area contributed by atoms with E-state index in [1.165, 1.54) is 44.2 Å². The summed E-state index contributed by atoms with van der Waals surface area (Å²) in [6, 6.07) is 11.4. The Balaban J connectivity index is 2.29. The predicted octanol–water partition coefficient (Wildman–Crippen LogP) is 4.67. The molecule has 0 fully saturated rings. The van der Waals surface area contributed by atoms with Crippen LogP contribution in [0.25, 0.3) is 11.1 Å². The molecule has 0 atom stereocenters. The van der Waals surface area contributed by atoms with Crippen LogP contribution >= 0.6 is 22.6 Å². The first-order valence-corrected chi connectivity index (χ1v) is 7.12. The smallest absolute Gasteiger partial charge is 0.0197 e. The third kappa shape index (κ3) is 1.81. The number of hydrogen-bond acceptors (Lipinski definition) is 0. The molecule has 0 spiro atoms. The molecule has 0 N–H and O–H groups in total. The van der Waals surface area contributed by atoms with Gasteiger partial charge in [-0.1, -0.05) is 35.9 Å². The second-order valence-corrected chi connectivity index (χ2v) is 5.96. The van der Waals surface area contributed by atoms with Gasteiger partial charge in [-0.3, -0.25) is 0 Å². The zero-order valence-electron chi connectivity index (χ0n) is 10.2. The molecule has 1 heteroatoms. The van der Waals surface area contributed by atoms with Gasteiger partial charge < -0.3 is 0 Å². The van der Waals surface area contributed by atoms with Crippen LogP contribution in [0.3, 0.4) is 0 Å². The molecular weight excluding hydrogens is 319 g/mol. The Labute approximate surface area is 116 Å². The number of fused-ring (bicyclic) bond motifs is 3. The Kier molecular flexibility index (Phi) is 2.74. The summed E-state index contributed by atoms with van der Waals surface area (Å²) < 4.78 is 1.45. The van der Waals surface area contributed by atoms with E-state index in [4.69, 9.17) is 0 Å². The van der Waals surface area contributed by atoms with E-state index in [1.54, 1.807) is 5.56 Å². The van der Waals surface area contributed by atoms with E-state index in [9.17, 15) is 0 Å². The van der Waals surface area contributed by atoms with Gasteiger partial charge in [-0.15, -0.1) is 0 Å². The predicted molar refractivity (Wildman–Crippen MR) is 81.5 cm³/mol. The molecule has 0 saturated carbocycles. The molecule has 0 amide bonds. The minimum Gasteiger partial charge on any atom is -0.0590 e. The summed E-state index contributed by atoms with van der Waals surface area (Å²) in [6.07, 6.45) is 2.37. The molecular formula is C16H15I. The lowest BCUT2D eigenvalue weighted by Gasteiger charge is -2.22. The summed E-state index contributed by atoms with van der Waals surface area (Å²) in [7, 11) is 0. The molecule has 1 aliphatic rings. The van der Waals surface area contributed by atoms with E-state index in [-0.39, 0.29) is 0 Å². The van der Waals surface area contributed by atoms with Crippen molar-refractivity contribution in [2.45, 2.75) is 26.7 Å². The first kappa shape index (κ1) is 11.3. The van der Waals surface area contributed by atoms with Crippen molar-refractivity contribution in [1.82, 2.24) is 0 Å². The number of rotatable bonds is 0. The maximum Gasteiger partial charge on any atom is 0.0197 e. The highest BCUT2D eigenvalue weighted by molar-refractivity contribution is 14.1. The minimum atomic E-state index is 1.18. The summed E-state index contributed by atoms with van der Waals surface area (Å²) in [4.78, 5) is 0. The highest BCUT2D eigenvalue weighted by Gasteiger charge is 2.18. The van der Waals surface area contributed by atoms with Crippen LogP contribution in [0, 0.1) is 17.4 Å². The topological polar surface area (TPSA) is 0 Å². The van der Waals surface area contributed by atoms with Gasteiger partial charge in [0.2, 0.25) is 0 Å². The highest BCUT2D eigenvalue weighted by atomic mass is 127. The highest BCUT2D eigenvalue weighted by Crippen LogP contribution is 2.37. The largest absolute Gasteiger partial charge is 0.0590 e. The Bertz CT molecular complexity index is 597. The monoisotopic (exact) mass is 334 g/mol. The quantitative estimate of drug-likeness (QED) is 0.614. The van der Waals surface area contributed by atoms with Gasteiger partial charge >= 0.3 is 0 Å². The Morgan fingerprint density at radius 1 is 0.941 bits per heavy atom. The standard InChI is InChI=1S/C16H15I/c1-10-3-5-12-6-8-14-13(15(12)9-10)7-4-11(2)16(14)17/h3-5,7,9H,6,8H2,1-2H3. The molecule has 2 aromatic carbocycles. The van der Waals surface area contributed by atoms with Crippen LogP contribution in [-0.4, -0.2) is 0 Å². The van der Waals surface area contributed by atoms with Crippen LogP contribution in [0.1, 0.15) is 22.3 Å².